The number of aromatic nitrogens is 1. The van der Waals surface area contributed by atoms with Crippen LogP contribution in [0.2, 0.25) is 0 Å². The topological polar surface area (TPSA) is 88.9 Å². The third kappa shape index (κ3) is 5.47. The lowest BCUT2D eigenvalue weighted by atomic mass is 10.2. The van der Waals surface area contributed by atoms with Crippen LogP contribution >= 0.6 is 0 Å². The number of carbonyl (C=O) groups excluding carboxylic acids is 2. The molecule has 0 unspecified atom stereocenters. The van der Waals surface area contributed by atoms with Crippen LogP contribution in [0.1, 0.15) is 21.7 Å². The molecule has 0 atom stereocenters. The Balaban J connectivity index is 1.94. The van der Waals surface area contributed by atoms with Crippen molar-refractivity contribution in [1.29, 1.82) is 0 Å². The molecule has 0 saturated carbocycles. The molecule has 2 heterocycles. The summed E-state index contributed by atoms with van der Waals surface area (Å²) < 4.78 is 68.0. The van der Waals surface area contributed by atoms with E-state index in [0.29, 0.717) is 0 Å². The maximum Gasteiger partial charge on any atom is 0.406 e. The first-order valence-electron chi connectivity index (χ1n) is 8.43. The molecule has 12 heteroatoms. The molecular formula is C16H22F3N3O5S. The van der Waals surface area contributed by atoms with Crippen LogP contribution in [0.25, 0.3) is 0 Å². The second-order valence-corrected chi connectivity index (χ2v) is 8.59. The first-order chi connectivity index (χ1) is 12.8. The van der Waals surface area contributed by atoms with Crippen LogP contribution in [-0.4, -0.2) is 79.3 Å². The zero-order chi connectivity index (χ0) is 21.3. The highest BCUT2D eigenvalue weighted by atomic mass is 32.2. The summed E-state index contributed by atoms with van der Waals surface area (Å²) in [7, 11) is -3.33. The van der Waals surface area contributed by atoms with Crippen LogP contribution in [0, 0.1) is 13.8 Å². The van der Waals surface area contributed by atoms with Gasteiger partial charge in [-0.1, -0.05) is 0 Å². The van der Waals surface area contributed by atoms with Gasteiger partial charge < -0.3 is 14.2 Å². The number of aryl methyl sites for hydroxylation is 1. The molecular weight excluding hydrogens is 403 g/mol. The molecule has 8 nitrogen and oxygen atoms in total. The Morgan fingerprint density at radius 3 is 2.21 bits per heavy atom. The zero-order valence-corrected chi connectivity index (χ0v) is 16.6. The Kier molecular flexibility index (Phi) is 6.44. The number of esters is 1. The molecule has 0 bridgehead atoms. The molecule has 0 spiro atoms. The fourth-order valence-corrected chi connectivity index (χ4v) is 3.82. The summed E-state index contributed by atoms with van der Waals surface area (Å²) in [6, 6.07) is 1.29. The van der Waals surface area contributed by atoms with Crippen molar-refractivity contribution < 1.29 is 35.9 Å². The standard InChI is InChI=1S/C16H22F3N3O5S/c1-11-8-13(12(2)22(11)10-16(17,18)19)15(24)27-9-14(23)20-4-6-21(7-5-20)28(3,25)26/h8H,4-7,9-10H2,1-3H3. The lowest BCUT2D eigenvalue weighted by molar-refractivity contribution is -0.141. The second-order valence-electron chi connectivity index (χ2n) is 6.61. The SMILES string of the molecule is Cc1cc(C(=O)OCC(=O)N2CCN(S(C)(=O)=O)CC2)c(C)n1CC(F)(F)F. The molecule has 1 saturated heterocycles. The zero-order valence-electron chi connectivity index (χ0n) is 15.7. The van der Waals surface area contributed by atoms with Crippen molar-refractivity contribution in [3.63, 3.8) is 0 Å². The lowest BCUT2D eigenvalue weighted by Gasteiger charge is -2.33. The van der Waals surface area contributed by atoms with Gasteiger partial charge in [0.05, 0.1) is 11.8 Å². The van der Waals surface area contributed by atoms with Crippen LogP contribution in [0.4, 0.5) is 13.2 Å². The Labute approximate surface area is 160 Å². The number of hydrogen-bond donors (Lipinski definition) is 0. The molecule has 1 fully saturated rings. The summed E-state index contributed by atoms with van der Waals surface area (Å²) in [5.74, 6) is -1.38. The molecule has 0 radical (unpaired) electrons. The number of rotatable bonds is 5. The van der Waals surface area contributed by atoms with E-state index in [1.807, 2.05) is 0 Å². The largest absolute Gasteiger partial charge is 0.452 e. The Morgan fingerprint density at radius 2 is 1.71 bits per heavy atom. The minimum atomic E-state index is -4.43. The number of halogens is 3. The van der Waals surface area contributed by atoms with Crippen LogP contribution in [0.3, 0.4) is 0 Å². The number of carbonyl (C=O) groups is 2. The maximum absolute atomic E-state index is 12.6. The molecule has 1 aliphatic heterocycles. The highest BCUT2D eigenvalue weighted by molar-refractivity contribution is 7.88. The van der Waals surface area contributed by atoms with E-state index >= 15 is 0 Å². The third-order valence-corrected chi connectivity index (χ3v) is 5.82. The smallest absolute Gasteiger partial charge is 0.406 e. The number of nitrogens with zero attached hydrogens (tertiary/aromatic N) is 3. The van der Waals surface area contributed by atoms with E-state index in [1.54, 1.807) is 0 Å². The third-order valence-electron chi connectivity index (χ3n) is 4.52. The summed E-state index contributed by atoms with van der Waals surface area (Å²) in [6.45, 7) is 1.67. The summed E-state index contributed by atoms with van der Waals surface area (Å²) in [4.78, 5) is 25.7. The van der Waals surface area contributed by atoms with Crippen molar-refractivity contribution in [3.8, 4) is 0 Å². The lowest BCUT2D eigenvalue weighted by Crippen LogP contribution is -2.51. The highest BCUT2D eigenvalue weighted by Gasteiger charge is 2.31. The predicted molar refractivity (Wildman–Crippen MR) is 93.2 cm³/mol. The molecule has 2 rings (SSSR count). The summed E-state index contributed by atoms with van der Waals surface area (Å²) in [5, 5.41) is 0. The van der Waals surface area contributed by atoms with E-state index in [4.69, 9.17) is 4.74 Å². The fourth-order valence-electron chi connectivity index (χ4n) is 3.00. The fraction of sp³-hybridized carbons (Fsp3) is 0.625. The highest BCUT2D eigenvalue weighted by Crippen LogP contribution is 2.23. The van der Waals surface area contributed by atoms with E-state index < -0.39 is 41.2 Å². The van der Waals surface area contributed by atoms with Gasteiger partial charge in [-0.2, -0.15) is 17.5 Å². The second kappa shape index (κ2) is 8.11. The van der Waals surface area contributed by atoms with Gasteiger partial charge in [-0.3, -0.25) is 4.79 Å². The molecule has 1 amide bonds. The van der Waals surface area contributed by atoms with Crippen molar-refractivity contribution >= 4 is 21.9 Å². The Hall–Kier alpha value is -2.08. The van der Waals surface area contributed by atoms with E-state index in [2.05, 4.69) is 0 Å². The molecule has 0 N–H and O–H groups in total. The van der Waals surface area contributed by atoms with Crippen molar-refractivity contribution in [2.45, 2.75) is 26.6 Å². The Morgan fingerprint density at radius 1 is 1.14 bits per heavy atom. The molecule has 0 aromatic carbocycles. The van der Waals surface area contributed by atoms with Crippen molar-refractivity contribution in [3.05, 3.63) is 23.0 Å². The quantitative estimate of drug-likeness (QED) is 0.655. The summed E-state index contributed by atoms with van der Waals surface area (Å²) >= 11 is 0. The predicted octanol–water partition coefficient (Wildman–Crippen LogP) is 0.928. The summed E-state index contributed by atoms with van der Waals surface area (Å²) in [6.07, 6.45) is -3.35. The molecule has 1 aromatic rings. The minimum Gasteiger partial charge on any atom is -0.452 e. The van der Waals surface area contributed by atoms with Crippen LogP contribution in [0.5, 0.6) is 0 Å². The van der Waals surface area contributed by atoms with E-state index in [9.17, 15) is 31.2 Å². The van der Waals surface area contributed by atoms with Gasteiger partial charge in [0.25, 0.3) is 5.91 Å². The van der Waals surface area contributed by atoms with Gasteiger partial charge in [0.15, 0.2) is 6.61 Å². The van der Waals surface area contributed by atoms with Crippen LogP contribution < -0.4 is 0 Å². The maximum atomic E-state index is 12.6. The monoisotopic (exact) mass is 425 g/mol. The molecule has 0 aliphatic carbocycles. The van der Waals surface area contributed by atoms with E-state index in [1.165, 1.54) is 29.1 Å². The number of piperazine rings is 1. The van der Waals surface area contributed by atoms with Gasteiger partial charge in [-0.25, -0.2) is 13.2 Å². The van der Waals surface area contributed by atoms with Crippen molar-refractivity contribution in [2.24, 2.45) is 0 Å². The summed E-state index contributed by atoms with van der Waals surface area (Å²) in [5.41, 5.74) is 0.329. The van der Waals surface area contributed by atoms with Gasteiger partial charge in [0, 0.05) is 37.6 Å². The van der Waals surface area contributed by atoms with E-state index in [0.717, 1.165) is 10.8 Å². The van der Waals surface area contributed by atoms with Crippen molar-refractivity contribution in [2.75, 3.05) is 39.0 Å². The molecule has 28 heavy (non-hydrogen) atoms. The number of hydrogen-bond acceptors (Lipinski definition) is 5. The van der Waals surface area contributed by atoms with Gasteiger partial charge in [-0.05, 0) is 19.9 Å². The first-order valence-corrected chi connectivity index (χ1v) is 10.3. The average Bonchev–Trinajstić information content (AvgIpc) is 2.85. The normalized spacial score (nSPS) is 16.3. The average molecular weight is 425 g/mol. The number of amides is 1. The van der Waals surface area contributed by atoms with Gasteiger partial charge in [0.2, 0.25) is 10.0 Å². The molecule has 158 valence electrons. The van der Waals surface area contributed by atoms with E-state index in [-0.39, 0.29) is 43.1 Å². The number of sulfonamides is 1. The minimum absolute atomic E-state index is 0.0311. The van der Waals surface area contributed by atoms with Gasteiger partial charge in [0.1, 0.15) is 6.54 Å². The van der Waals surface area contributed by atoms with Gasteiger partial charge >= 0.3 is 12.1 Å². The van der Waals surface area contributed by atoms with Gasteiger partial charge in [-0.15, -0.1) is 0 Å². The van der Waals surface area contributed by atoms with Crippen LogP contribution in [-0.2, 0) is 26.1 Å². The van der Waals surface area contributed by atoms with Crippen molar-refractivity contribution in [1.82, 2.24) is 13.8 Å². The first kappa shape index (κ1) is 22.2. The Bertz CT molecular complexity index is 856. The molecule has 1 aromatic heterocycles. The number of ether oxygens (including phenoxy) is 1. The number of alkyl halides is 3. The van der Waals surface area contributed by atoms with Crippen LogP contribution in [0.15, 0.2) is 6.07 Å². The molecule has 1 aliphatic rings.